The Bertz CT molecular complexity index is 593. The van der Waals surface area contributed by atoms with Gasteiger partial charge in [-0.05, 0) is 45.4 Å². The zero-order valence-electron chi connectivity index (χ0n) is 14.4. The molecule has 1 aromatic rings. The minimum atomic E-state index is -0.304. The first kappa shape index (κ1) is 22.0. The lowest BCUT2D eigenvalue weighted by Gasteiger charge is -2.31. The molecule has 2 rings (SSSR count). The lowest BCUT2D eigenvalue weighted by atomic mass is 9.92. The molecule has 0 aliphatic carbocycles. The fraction of sp³-hybridized carbons (Fsp3) is 0.529. The molecule has 8 heteroatoms. The van der Waals surface area contributed by atoms with Gasteiger partial charge in [0, 0.05) is 18.5 Å². The molecule has 5 nitrogen and oxygen atoms in total. The molecule has 1 aliphatic rings. The summed E-state index contributed by atoms with van der Waals surface area (Å²) in [4.78, 5) is 26.6. The van der Waals surface area contributed by atoms with Gasteiger partial charge in [-0.25, -0.2) is 0 Å². The smallest absolute Gasteiger partial charge is 0.244 e. The molecule has 140 valence electrons. The third-order valence-corrected chi connectivity index (χ3v) is 4.86. The van der Waals surface area contributed by atoms with Crippen molar-refractivity contribution >= 4 is 53.1 Å². The van der Waals surface area contributed by atoms with Gasteiger partial charge in [0.15, 0.2) is 0 Å². The van der Waals surface area contributed by atoms with Crippen LogP contribution in [0.4, 0.5) is 5.69 Å². The number of nitrogens with zero attached hydrogens (tertiary/aromatic N) is 1. The molecule has 0 saturated carbocycles. The Morgan fingerprint density at radius 1 is 1.32 bits per heavy atom. The highest BCUT2D eigenvalue weighted by molar-refractivity contribution is 6.39. The zero-order chi connectivity index (χ0) is 17.7. The third-order valence-electron chi connectivity index (χ3n) is 4.23. The molecule has 0 spiro atoms. The van der Waals surface area contributed by atoms with E-state index >= 15 is 0 Å². The lowest BCUT2D eigenvalue weighted by molar-refractivity contribution is -0.139. The van der Waals surface area contributed by atoms with E-state index in [0.717, 1.165) is 19.4 Å². The van der Waals surface area contributed by atoms with Crippen LogP contribution in [-0.4, -0.2) is 42.4 Å². The summed E-state index contributed by atoms with van der Waals surface area (Å²) in [5, 5.41) is 6.78. The Kier molecular flexibility index (Phi) is 9.00. The largest absolute Gasteiger partial charge is 0.333 e. The topological polar surface area (TPSA) is 61.4 Å². The maximum absolute atomic E-state index is 12.7. The molecule has 0 radical (unpaired) electrons. The Balaban J connectivity index is 0.00000312. The number of halogens is 3. The van der Waals surface area contributed by atoms with Gasteiger partial charge in [-0.15, -0.1) is 12.4 Å². The molecular weight excluding hydrogens is 385 g/mol. The summed E-state index contributed by atoms with van der Waals surface area (Å²) < 4.78 is 0. The minimum Gasteiger partial charge on any atom is -0.333 e. The maximum atomic E-state index is 12.7. The number of piperidine rings is 1. The van der Waals surface area contributed by atoms with Crippen molar-refractivity contribution in [3.8, 4) is 0 Å². The Morgan fingerprint density at radius 3 is 2.52 bits per heavy atom. The fourth-order valence-electron chi connectivity index (χ4n) is 2.93. The van der Waals surface area contributed by atoms with Gasteiger partial charge in [-0.1, -0.05) is 29.3 Å². The standard InChI is InChI=1S/C17H23Cl2N3O2.ClH/c1-3-22(17(24)12-7-8-20-11(2)9-12)10-15(23)21-16-13(18)5-4-6-14(16)19;/h4-6,11-12,20H,3,7-10H2,1-2H3,(H,21,23);1H/t11-,12-;/m0./s1. The number of likely N-dealkylation sites (N-methyl/N-ethyl adjacent to an activating group) is 1. The maximum Gasteiger partial charge on any atom is 0.244 e. The number of hydrogen-bond acceptors (Lipinski definition) is 3. The van der Waals surface area contributed by atoms with Crippen LogP contribution in [0.2, 0.25) is 10.0 Å². The second-order valence-electron chi connectivity index (χ2n) is 6.07. The number of amides is 2. The molecular formula is C17H24Cl3N3O2. The zero-order valence-corrected chi connectivity index (χ0v) is 16.7. The van der Waals surface area contributed by atoms with E-state index < -0.39 is 0 Å². The Morgan fingerprint density at radius 2 is 1.96 bits per heavy atom. The van der Waals surface area contributed by atoms with Gasteiger partial charge in [0.1, 0.15) is 0 Å². The van der Waals surface area contributed by atoms with Crippen LogP contribution in [0, 0.1) is 5.92 Å². The van der Waals surface area contributed by atoms with Crippen LogP contribution in [0.25, 0.3) is 0 Å². The van der Waals surface area contributed by atoms with E-state index in [1.165, 1.54) is 0 Å². The van der Waals surface area contributed by atoms with E-state index in [0.29, 0.717) is 28.3 Å². The molecule has 2 atom stereocenters. The van der Waals surface area contributed by atoms with Crippen molar-refractivity contribution in [3.05, 3.63) is 28.2 Å². The molecule has 0 unspecified atom stereocenters. The van der Waals surface area contributed by atoms with Crippen molar-refractivity contribution in [2.24, 2.45) is 5.92 Å². The van der Waals surface area contributed by atoms with Gasteiger partial charge in [0.25, 0.3) is 0 Å². The van der Waals surface area contributed by atoms with Gasteiger partial charge in [-0.2, -0.15) is 0 Å². The number of nitrogens with one attached hydrogen (secondary N) is 2. The average molecular weight is 409 g/mol. The molecule has 0 bridgehead atoms. The van der Waals surface area contributed by atoms with E-state index in [4.69, 9.17) is 23.2 Å². The normalized spacial score (nSPS) is 19.7. The van der Waals surface area contributed by atoms with Crippen molar-refractivity contribution in [2.45, 2.75) is 32.7 Å². The van der Waals surface area contributed by atoms with Crippen LogP contribution in [0.3, 0.4) is 0 Å². The predicted octanol–water partition coefficient (Wildman–Crippen LogP) is 3.59. The third kappa shape index (κ3) is 6.03. The van der Waals surface area contributed by atoms with Gasteiger partial charge in [0.2, 0.25) is 11.8 Å². The van der Waals surface area contributed by atoms with Gasteiger partial charge in [0.05, 0.1) is 22.3 Å². The number of hydrogen-bond donors (Lipinski definition) is 2. The number of anilines is 1. The summed E-state index contributed by atoms with van der Waals surface area (Å²) in [6, 6.07) is 5.34. The number of carbonyl (C=O) groups is 2. The van der Waals surface area contributed by atoms with E-state index in [2.05, 4.69) is 17.6 Å². The Hall–Kier alpha value is -1.01. The number of para-hydroxylation sites is 1. The van der Waals surface area contributed by atoms with Crippen LogP contribution >= 0.6 is 35.6 Å². The highest BCUT2D eigenvalue weighted by Gasteiger charge is 2.29. The number of rotatable bonds is 5. The SMILES string of the molecule is CCN(CC(=O)Nc1c(Cl)cccc1Cl)C(=O)[C@H]1CCN[C@@H](C)C1.Cl. The molecule has 1 heterocycles. The monoisotopic (exact) mass is 407 g/mol. The van der Waals surface area contributed by atoms with E-state index in [9.17, 15) is 9.59 Å². The minimum absolute atomic E-state index is 0. The second kappa shape index (κ2) is 10.2. The molecule has 0 aromatic heterocycles. The molecule has 2 N–H and O–H groups in total. The second-order valence-corrected chi connectivity index (χ2v) is 6.89. The van der Waals surface area contributed by atoms with Crippen LogP contribution in [0.15, 0.2) is 18.2 Å². The molecule has 1 aliphatic heterocycles. The molecule has 1 saturated heterocycles. The molecule has 1 fully saturated rings. The average Bonchev–Trinajstić information content (AvgIpc) is 2.55. The highest BCUT2D eigenvalue weighted by atomic mass is 35.5. The van der Waals surface area contributed by atoms with E-state index in [-0.39, 0.29) is 36.7 Å². The number of benzene rings is 1. The van der Waals surface area contributed by atoms with Gasteiger partial charge in [-0.3, -0.25) is 9.59 Å². The first-order chi connectivity index (χ1) is 11.4. The van der Waals surface area contributed by atoms with Crippen molar-refractivity contribution in [1.82, 2.24) is 10.2 Å². The fourth-order valence-corrected chi connectivity index (χ4v) is 3.42. The molecule has 25 heavy (non-hydrogen) atoms. The van der Waals surface area contributed by atoms with Crippen LogP contribution < -0.4 is 10.6 Å². The van der Waals surface area contributed by atoms with Crippen molar-refractivity contribution in [1.29, 1.82) is 0 Å². The molecule has 1 aromatic carbocycles. The van der Waals surface area contributed by atoms with Crippen molar-refractivity contribution < 1.29 is 9.59 Å². The summed E-state index contributed by atoms with van der Waals surface area (Å²) in [5.41, 5.74) is 0.379. The Labute approximate surface area is 164 Å². The summed E-state index contributed by atoms with van der Waals surface area (Å²) in [6.45, 7) is 5.26. The van der Waals surface area contributed by atoms with Gasteiger partial charge < -0.3 is 15.5 Å². The van der Waals surface area contributed by atoms with E-state index in [1.54, 1.807) is 23.1 Å². The summed E-state index contributed by atoms with van der Waals surface area (Å²) in [7, 11) is 0. The highest BCUT2D eigenvalue weighted by Crippen LogP contribution is 2.29. The van der Waals surface area contributed by atoms with Crippen molar-refractivity contribution in [3.63, 3.8) is 0 Å². The van der Waals surface area contributed by atoms with Crippen LogP contribution in [-0.2, 0) is 9.59 Å². The van der Waals surface area contributed by atoms with Crippen molar-refractivity contribution in [2.75, 3.05) is 25.0 Å². The van der Waals surface area contributed by atoms with Gasteiger partial charge >= 0.3 is 0 Å². The van der Waals surface area contributed by atoms with Crippen LogP contribution in [0.1, 0.15) is 26.7 Å². The van der Waals surface area contributed by atoms with E-state index in [1.807, 2.05) is 6.92 Å². The first-order valence-electron chi connectivity index (χ1n) is 8.18. The lowest BCUT2D eigenvalue weighted by Crippen LogP contribution is -2.46. The summed E-state index contributed by atoms with van der Waals surface area (Å²) in [5.74, 6) is -0.300. The molecule has 2 amide bonds. The summed E-state index contributed by atoms with van der Waals surface area (Å²) in [6.07, 6.45) is 1.60. The van der Waals surface area contributed by atoms with Crippen LogP contribution in [0.5, 0.6) is 0 Å². The predicted molar refractivity (Wildman–Crippen MR) is 105 cm³/mol. The number of carbonyl (C=O) groups excluding carboxylic acids is 2. The first-order valence-corrected chi connectivity index (χ1v) is 8.94. The quantitative estimate of drug-likeness (QED) is 0.782. The summed E-state index contributed by atoms with van der Waals surface area (Å²) >= 11 is 12.1.